The Hall–Kier alpha value is -1.88. The van der Waals surface area contributed by atoms with Crippen molar-refractivity contribution in [1.82, 2.24) is 9.97 Å². The molecule has 25 heavy (non-hydrogen) atoms. The standard InChI is InChI=1S/C11H13NO.C9H8BrNO/c1-7-8-5-4-6-12-9(8)10(13)11(7,2)3;10-7-4-6-2-1-3-8(12)9(6)11-5-7/h4-7H,1-3H3;4-5H,1-3H2. The Morgan fingerprint density at radius 3 is 2.64 bits per heavy atom. The van der Waals surface area contributed by atoms with Crippen LogP contribution in [0.15, 0.2) is 35.1 Å². The zero-order chi connectivity index (χ0) is 18.2. The van der Waals surface area contributed by atoms with Crippen LogP contribution in [-0.2, 0) is 6.42 Å². The van der Waals surface area contributed by atoms with Crippen molar-refractivity contribution >= 4 is 27.5 Å². The van der Waals surface area contributed by atoms with Crippen LogP contribution in [0.3, 0.4) is 0 Å². The van der Waals surface area contributed by atoms with E-state index in [4.69, 9.17) is 0 Å². The van der Waals surface area contributed by atoms with Crippen LogP contribution in [0.5, 0.6) is 0 Å². The van der Waals surface area contributed by atoms with Crippen molar-refractivity contribution in [2.45, 2.75) is 46.0 Å². The molecule has 0 bridgehead atoms. The summed E-state index contributed by atoms with van der Waals surface area (Å²) in [7, 11) is 0. The molecule has 4 rings (SSSR count). The number of hydrogen-bond donors (Lipinski definition) is 0. The maximum atomic E-state index is 11.9. The highest BCUT2D eigenvalue weighted by atomic mass is 79.9. The second-order valence-electron chi connectivity index (χ2n) is 7.15. The maximum absolute atomic E-state index is 11.9. The van der Waals surface area contributed by atoms with Crippen LogP contribution in [-0.4, -0.2) is 21.5 Å². The third-order valence-electron chi connectivity index (χ3n) is 5.24. The number of Topliss-reactive ketones (excluding diaryl/α,β-unsaturated/α-hetero) is 2. The fourth-order valence-corrected chi connectivity index (χ4v) is 3.71. The van der Waals surface area contributed by atoms with Crippen LogP contribution < -0.4 is 0 Å². The summed E-state index contributed by atoms with van der Waals surface area (Å²) in [6, 6.07) is 5.88. The smallest absolute Gasteiger partial charge is 0.187 e. The van der Waals surface area contributed by atoms with Gasteiger partial charge < -0.3 is 0 Å². The van der Waals surface area contributed by atoms with Crippen molar-refractivity contribution in [1.29, 1.82) is 0 Å². The van der Waals surface area contributed by atoms with Crippen molar-refractivity contribution in [3.05, 3.63) is 57.6 Å². The Bertz CT molecular complexity index is 845. The van der Waals surface area contributed by atoms with Gasteiger partial charge in [0.25, 0.3) is 0 Å². The molecule has 2 aromatic rings. The molecule has 0 N–H and O–H groups in total. The minimum Gasteiger partial charge on any atom is -0.292 e. The Morgan fingerprint density at radius 2 is 1.92 bits per heavy atom. The molecule has 130 valence electrons. The number of aromatic nitrogens is 2. The van der Waals surface area contributed by atoms with Gasteiger partial charge in [0.15, 0.2) is 11.6 Å². The van der Waals surface area contributed by atoms with Crippen LogP contribution in [0.4, 0.5) is 0 Å². The normalized spacial score (nSPS) is 20.4. The van der Waals surface area contributed by atoms with Crippen molar-refractivity contribution in [3.8, 4) is 0 Å². The monoisotopic (exact) mass is 400 g/mol. The van der Waals surface area contributed by atoms with Crippen LogP contribution in [0.1, 0.15) is 71.6 Å². The first-order valence-corrected chi connectivity index (χ1v) is 9.29. The lowest BCUT2D eigenvalue weighted by atomic mass is 9.80. The van der Waals surface area contributed by atoms with E-state index in [2.05, 4.69) is 32.8 Å². The SMILES string of the molecule is CC1c2cccnc2C(=O)C1(C)C.O=C1CCCc2cc(Br)cnc21. The predicted octanol–water partition coefficient (Wildman–Crippen LogP) is 4.77. The van der Waals surface area contributed by atoms with Gasteiger partial charge in [-0.2, -0.15) is 0 Å². The molecule has 0 radical (unpaired) electrons. The van der Waals surface area contributed by atoms with Gasteiger partial charge >= 0.3 is 0 Å². The molecule has 0 saturated carbocycles. The quantitative estimate of drug-likeness (QED) is 0.638. The number of aryl methyl sites for hydroxylation is 1. The first-order chi connectivity index (χ1) is 11.8. The van der Waals surface area contributed by atoms with Gasteiger partial charge in [-0.05, 0) is 57.9 Å². The van der Waals surface area contributed by atoms with Gasteiger partial charge in [-0.15, -0.1) is 0 Å². The van der Waals surface area contributed by atoms with E-state index in [-0.39, 0.29) is 22.9 Å². The molecule has 2 heterocycles. The van der Waals surface area contributed by atoms with Gasteiger partial charge in [0.05, 0.1) is 0 Å². The summed E-state index contributed by atoms with van der Waals surface area (Å²) in [6.07, 6.45) is 5.96. The summed E-state index contributed by atoms with van der Waals surface area (Å²) < 4.78 is 0.955. The molecule has 1 unspecified atom stereocenters. The van der Waals surface area contributed by atoms with Crippen LogP contribution in [0.25, 0.3) is 0 Å². The summed E-state index contributed by atoms with van der Waals surface area (Å²) >= 11 is 3.34. The number of carbonyl (C=O) groups is 2. The van der Waals surface area contributed by atoms with Crippen LogP contribution in [0.2, 0.25) is 0 Å². The van der Waals surface area contributed by atoms with E-state index >= 15 is 0 Å². The largest absolute Gasteiger partial charge is 0.292 e. The van der Waals surface area contributed by atoms with E-state index in [9.17, 15) is 9.59 Å². The summed E-state index contributed by atoms with van der Waals surface area (Å²) in [5.41, 5.74) is 3.24. The highest BCUT2D eigenvalue weighted by Crippen LogP contribution is 2.45. The number of nitrogens with zero attached hydrogens (tertiary/aromatic N) is 2. The van der Waals surface area contributed by atoms with Crippen molar-refractivity contribution < 1.29 is 9.59 Å². The number of pyridine rings is 2. The first-order valence-electron chi connectivity index (χ1n) is 8.49. The molecule has 0 amide bonds. The topological polar surface area (TPSA) is 59.9 Å². The lowest BCUT2D eigenvalue weighted by Gasteiger charge is -2.21. The highest BCUT2D eigenvalue weighted by molar-refractivity contribution is 9.10. The molecular weight excluding hydrogens is 380 g/mol. The van der Waals surface area contributed by atoms with Gasteiger partial charge in [0.1, 0.15) is 11.4 Å². The van der Waals surface area contributed by atoms with Crippen molar-refractivity contribution in [2.75, 3.05) is 0 Å². The Morgan fingerprint density at radius 1 is 1.16 bits per heavy atom. The first kappa shape index (κ1) is 17.9. The molecule has 0 aromatic carbocycles. The molecule has 1 atom stereocenters. The number of ketones is 2. The molecule has 5 heteroatoms. The van der Waals surface area contributed by atoms with Gasteiger partial charge in [-0.1, -0.05) is 26.8 Å². The third-order valence-corrected chi connectivity index (χ3v) is 5.67. The lowest BCUT2D eigenvalue weighted by Crippen LogP contribution is -2.22. The van der Waals surface area contributed by atoms with Crippen molar-refractivity contribution in [2.24, 2.45) is 5.41 Å². The average Bonchev–Trinajstić information content (AvgIpc) is 2.77. The number of carbonyl (C=O) groups excluding carboxylic acids is 2. The lowest BCUT2D eigenvalue weighted by molar-refractivity contribution is 0.0836. The minimum absolute atomic E-state index is 0.176. The predicted molar refractivity (Wildman–Crippen MR) is 100.0 cm³/mol. The summed E-state index contributed by atoms with van der Waals surface area (Å²) in [5, 5.41) is 0. The van der Waals surface area contributed by atoms with Gasteiger partial charge in [0, 0.05) is 28.7 Å². The molecule has 2 aliphatic rings. The highest BCUT2D eigenvalue weighted by Gasteiger charge is 2.44. The van der Waals surface area contributed by atoms with E-state index in [0.717, 1.165) is 28.4 Å². The molecule has 2 aromatic heterocycles. The number of halogens is 1. The maximum Gasteiger partial charge on any atom is 0.187 e. The van der Waals surface area contributed by atoms with Crippen LogP contribution >= 0.6 is 15.9 Å². The fraction of sp³-hybridized carbons (Fsp3) is 0.400. The zero-order valence-corrected chi connectivity index (χ0v) is 16.3. The Labute approximate surface area is 156 Å². The van der Waals surface area contributed by atoms with E-state index in [1.807, 2.05) is 32.0 Å². The Kier molecular flexibility index (Phi) is 4.87. The fourth-order valence-electron chi connectivity index (χ4n) is 3.33. The molecule has 0 fully saturated rings. The molecule has 0 saturated heterocycles. The van der Waals surface area contributed by atoms with Crippen molar-refractivity contribution in [3.63, 3.8) is 0 Å². The summed E-state index contributed by atoms with van der Waals surface area (Å²) in [6.45, 7) is 6.06. The molecular formula is C20H21BrN2O2. The Balaban J connectivity index is 0.000000146. The molecule has 0 spiro atoms. The van der Waals surface area contributed by atoms with E-state index in [1.165, 1.54) is 0 Å². The zero-order valence-electron chi connectivity index (χ0n) is 14.7. The second kappa shape index (κ2) is 6.79. The molecule has 2 aliphatic carbocycles. The molecule has 4 nitrogen and oxygen atoms in total. The second-order valence-corrected chi connectivity index (χ2v) is 8.07. The van der Waals surface area contributed by atoms with E-state index in [1.54, 1.807) is 12.4 Å². The number of hydrogen-bond acceptors (Lipinski definition) is 4. The van der Waals surface area contributed by atoms with E-state index in [0.29, 0.717) is 17.8 Å². The minimum atomic E-state index is -0.281. The van der Waals surface area contributed by atoms with Gasteiger partial charge in [0.2, 0.25) is 0 Å². The van der Waals surface area contributed by atoms with Crippen LogP contribution in [0, 0.1) is 5.41 Å². The summed E-state index contributed by atoms with van der Waals surface area (Å²) in [5.74, 6) is 0.642. The number of fused-ring (bicyclic) bond motifs is 2. The van der Waals surface area contributed by atoms with E-state index < -0.39 is 0 Å². The number of rotatable bonds is 0. The summed E-state index contributed by atoms with van der Waals surface area (Å²) in [4.78, 5) is 31.4. The average molecular weight is 401 g/mol. The van der Waals surface area contributed by atoms with Gasteiger partial charge in [-0.25, -0.2) is 0 Å². The molecule has 0 aliphatic heterocycles. The van der Waals surface area contributed by atoms with Gasteiger partial charge in [-0.3, -0.25) is 19.6 Å². The third kappa shape index (κ3) is 3.30.